The molecule has 1 saturated heterocycles. The lowest BCUT2D eigenvalue weighted by Gasteiger charge is -2.40. The standard InChI is InChI=1S/C39H77NO9/c1-3-5-7-9-11-13-15-16-17-18-19-21-23-25-27-32(42)35(44)31(30-48-39-38(47)37(46)36(45)33(29-41)49-39)40-34(43)28-26-24-22-20-14-12-10-8-6-4-2/h31-33,35-39,41-42,44-47H,3-30H2,1-2H3,(H,40,43)/t31-,32+,33+,35-,36-,37?,38?,39+/m0/s1. The second-order valence-corrected chi connectivity index (χ2v) is 14.6. The number of carbonyl (C=O) groups is 1. The van der Waals surface area contributed by atoms with Gasteiger partial charge in [-0.2, -0.15) is 0 Å². The third-order valence-corrected chi connectivity index (χ3v) is 10.1. The summed E-state index contributed by atoms with van der Waals surface area (Å²) in [5.41, 5.74) is 0. The molecule has 0 spiro atoms. The highest BCUT2D eigenvalue weighted by Crippen LogP contribution is 2.23. The lowest BCUT2D eigenvalue weighted by molar-refractivity contribution is -0.303. The molecule has 0 aromatic carbocycles. The maximum absolute atomic E-state index is 12.9. The molecular formula is C39H77NO9. The van der Waals surface area contributed by atoms with Gasteiger partial charge in [-0.15, -0.1) is 0 Å². The molecule has 1 aliphatic heterocycles. The van der Waals surface area contributed by atoms with E-state index >= 15 is 0 Å². The van der Waals surface area contributed by atoms with Gasteiger partial charge in [0.1, 0.15) is 30.5 Å². The van der Waals surface area contributed by atoms with Gasteiger partial charge in [0.05, 0.1) is 25.4 Å². The van der Waals surface area contributed by atoms with E-state index in [0.717, 1.165) is 44.9 Å². The second-order valence-electron chi connectivity index (χ2n) is 14.6. The normalized spacial score (nSPS) is 23.0. The highest BCUT2D eigenvalue weighted by Gasteiger charge is 2.44. The zero-order chi connectivity index (χ0) is 36.1. The number of unbranched alkanes of at least 4 members (excludes halogenated alkanes) is 22. The van der Waals surface area contributed by atoms with Gasteiger partial charge in [-0.1, -0.05) is 162 Å². The van der Waals surface area contributed by atoms with Gasteiger partial charge in [0, 0.05) is 6.42 Å². The van der Waals surface area contributed by atoms with Crippen LogP contribution < -0.4 is 5.32 Å². The Kier molecular flexibility index (Phi) is 29.0. The lowest BCUT2D eigenvalue weighted by Crippen LogP contribution is -2.60. The molecule has 0 radical (unpaired) electrons. The van der Waals surface area contributed by atoms with Gasteiger partial charge >= 0.3 is 0 Å². The van der Waals surface area contributed by atoms with Crippen LogP contribution in [-0.4, -0.2) is 98.7 Å². The van der Waals surface area contributed by atoms with Crippen molar-refractivity contribution < 1.29 is 44.9 Å². The van der Waals surface area contributed by atoms with Gasteiger partial charge in [0.2, 0.25) is 5.91 Å². The third kappa shape index (κ3) is 22.0. The Morgan fingerprint density at radius 3 is 1.51 bits per heavy atom. The maximum Gasteiger partial charge on any atom is 0.220 e. The van der Waals surface area contributed by atoms with Crippen molar-refractivity contribution in [2.75, 3.05) is 13.2 Å². The Labute approximate surface area is 298 Å². The summed E-state index contributed by atoms with van der Waals surface area (Å²) in [7, 11) is 0. The molecule has 0 saturated carbocycles. The molecule has 0 aromatic heterocycles. The summed E-state index contributed by atoms with van der Waals surface area (Å²) < 4.78 is 11.1. The minimum absolute atomic E-state index is 0.260. The summed E-state index contributed by atoms with van der Waals surface area (Å²) in [6.07, 6.45) is 19.7. The number of rotatable bonds is 33. The minimum Gasteiger partial charge on any atom is -0.394 e. The van der Waals surface area contributed by atoms with Crippen LogP contribution in [0.25, 0.3) is 0 Å². The van der Waals surface area contributed by atoms with E-state index in [2.05, 4.69) is 19.2 Å². The smallest absolute Gasteiger partial charge is 0.220 e. The zero-order valence-corrected chi connectivity index (χ0v) is 31.3. The molecule has 7 N–H and O–H groups in total. The zero-order valence-electron chi connectivity index (χ0n) is 31.3. The highest BCUT2D eigenvalue weighted by atomic mass is 16.7. The summed E-state index contributed by atoms with van der Waals surface area (Å²) in [5, 5.41) is 64.8. The van der Waals surface area contributed by atoms with Crippen LogP contribution in [0, 0.1) is 0 Å². The summed E-state index contributed by atoms with van der Waals surface area (Å²) in [4.78, 5) is 12.9. The molecule has 1 rings (SSSR count). The molecule has 49 heavy (non-hydrogen) atoms. The van der Waals surface area contributed by atoms with Gasteiger partial charge < -0.3 is 45.4 Å². The molecule has 0 aromatic rings. The number of aliphatic hydroxyl groups excluding tert-OH is 6. The van der Waals surface area contributed by atoms with Crippen LogP contribution >= 0.6 is 0 Å². The van der Waals surface area contributed by atoms with Gasteiger partial charge in [0.15, 0.2) is 6.29 Å². The highest BCUT2D eigenvalue weighted by molar-refractivity contribution is 5.76. The van der Waals surface area contributed by atoms with E-state index in [9.17, 15) is 35.4 Å². The number of carbonyl (C=O) groups excluding carboxylic acids is 1. The summed E-state index contributed by atoms with van der Waals surface area (Å²) in [5.74, 6) is -0.260. The van der Waals surface area contributed by atoms with Gasteiger partial charge in [0.25, 0.3) is 0 Å². The van der Waals surface area contributed by atoms with Crippen LogP contribution in [0.2, 0.25) is 0 Å². The Morgan fingerprint density at radius 1 is 0.633 bits per heavy atom. The molecule has 1 heterocycles. The quantitative estimate of drug-likeness (QED) is 0.0394. The van der Waals surface area contributed by atoms with Crippen LogP contribution in [0.1, 0.15) is 181 Å². The monoisotopic (exact) mass is 704 g/mol. The fourth-order valence-corrected chi connectivity index (χ4v) is 6.67. The first kappa shape index (κ1) is 46.2. The van der Waals surface area contributed by atoms with E-state index in [1.54, 1.807) is 0 Å². The molecular weight excluding hydrogens is 626 g/mol. The first-order valence-electron chi connectivity index (χ1n) is 20.3. The molecule has 8 atom stereocenters. The SMILES string of the molecule is CCCCCCCCCCCCCCCC[C@@H](O)[C@@H](O)[C@H](CO[C@@H]1O[C@H](CO)[C@H](O)C(O)C1O)NC(=O)CCCCCCCCCCCC. The van der Waals surface area contributed by atoms with Gasteiger partial charge in [-0.3, -0.25) is 4.79 Å². The topological polar surface area (TPSA) is 169 Å². The van der Waals surface area contributed by atoms with Crippen molar-refractivity contribution in [2.45, 2.75) is 230 Å². The average Bonchev–Trinajstić information content (AvgIpc) is 3.10. The maximum atomic E-state index is 12.9. The average molecular weight is 704 g/mol. The number of hydrogen-bond donors (Lipinski definition) is 7. The van der Waals surface area contributed by atoms with Gasteiger partial charge in [-0.05, 0) is 12.8 Å². The largest absolute Gasteiger partial charge is 0.394 e. The number of hydrogen-bond acceptors (Lipinski definition) is 9. The van der Waals surface area contributed by atoms with E-state index in [4.69, 9.17) is 9.47 Å². The van der Waals surface area contributed by atoms with E-state index in [1.807, 2.05) is 0 Å². The third-order valence-electron chi connectivity index (χ3n) is 10.1. The molecule has 10 nitrogen and oxygen atoms in total. The Bertz CT molecular complexity index is 758. The number of aliphatic hydroxyl groups is 6. The van der Waals surface area contributed by atoms with Crippen molar-refractivity contribution in [3.05, 3.63) is 0 Å². The summed E-state index contributed by atoms with van der Waals surface area (Å²) in [6.45, 7) is 3.57. The number of ether oxygens (including phenoxy) is 2. The van der Waals surface area contributed by atoms with E-state index in [-0.39, 0.29) is 18.9 Å². The van der Waals surface area contributed by atoms with Crippen molar-refractivity contribution in [3.63, 3.8) is 0 Å². The molecule has 10 heteroatoms. The van der Waals surface area contributed by atoms with Crippen molar-refractivity contribution >= 4 is 5.91 Å². The molecule has 1 amide bonds. The first-order valence-corrected chi connectivity index (χ1v) is 20.3. The minimum atomic E-state index is -1.60. The first-order chi connectivity index (χ1) is 23.8. The van der Waals surface area contributed by atoms with Crippen molar-refractivity contribution in [2.24, 2.45) is 0 Å². The summed E-state index contributed by atoms with van der Waals surface area (Å²) >= 11 is 0. The van der Waals surface area contributed by atoms with Crippen LogP contribution in [0.5, 0.6) is 0 Å². The Morgan fingerprint density at radius 2 is 1.06 bits per heavy atom. The molecule has 1 fully saturated rings. The number of nitrogens with one attached hydrogen (secondary N) is 1. The van der Waals surface area contributed by atoms with E-state index in [0.29, 0.717) is 6.42 Å². The van der Waals surface area contributed by atoms with Crippen LogP contribution in [0.15, 0.2) is 0 Å². The predicted molar refractivity (Wildman–Crippen MR) is 195 cm³/mol. The van der Waals surface area contributed by atoms with Crippen molar-refractivity contribution in [1.82, 2.24) is 5.32 Å². The van der Waals surface area contributed by atoms with E-state index < -0.39 is 55.6 Å². The number of amides is 1. The van der Waals surface area contributed by atoms with Crippen molar-refractivity contribution in [3.8, 4) is 0 Å². The van der Waals surface area contributed by atoms with Crippen LogP contribution in [-0.2, 0) is 14.3 Å². The molecule has 0 aliphatic carbocycles. The van der Waals surface area contributed by atoms with Crippen molar-refractivity contribution in [1.29, 1.82) is 0 Å². The van der Waals surface area contributed by atoms with Crippen LogP contribution in [0.4, 0.5) is 0 Å². The Hall–Kier alpha value is -0.850. The van der Waals surface area contributed by atoms with Gasteiger partial charge in [-0.25, -0.2) is 0 Å². The van der Waals surface area contributed by atoms with Crippen LogP contribution in [0.3, 0.4) is 0 Å². The fourth-order valence-electron chi connectivity index (χ4n) is 6.67. The second kappa shape index (κ2) is 30.7. The molecule has 292 valence electrons. The lowest BCUT2D eigenvalue weighted by atomic mass is 9.98. The summed E-state index contributed by atoms with van der Waals surface area (Å²) in [6, 6.07) is -0.982. The molecule has 1 aliphatic rings. The molecule has 2 unspecified atom stereocenters. The predicted octanol–water partition coefficient (Wildman–Crippen LogP) is 6.19. The van der Waals surface area contributed by atoms with E-state index in [1.165, 1.54) is 109 Å². The fraction of sp³-hybridized carbons (Fsp3) is 0.974. The Balaban J connectivity index is 2.46. The molecule has 0 bridgehead atoms.